The highest BCUT2D eigenvalue weighted by molar-refractivity contribution is 6.16. The van der Waals surface area contributed by atoms with Gasteiger partial charge in [0, 0.05) is 39.4 Å². The maximum absolute atomic E-state index is 6.53. The third kappa shape index (κ3) is 5.47. The molecule has 2 aliphatic heterocycles. The lowest BCUT2D eigenvalue weighted by atomic mass is 9.82. The van der Waals surface area contributed by atoms with Crippen LogP contribution in [0.25, 0.3) is 39.3 Å². The van der Waals surface area contributed by atoms with Crippen LogP contribution in [0.1, 0.15) is 45.7 Å². The van der Waals surface area contributed by atoms with E-state index in [4.69, 9.17) is 14.4 Å². The molecule has 3 aliphatic rings. The van der Waals surface area contributed by atoms with Crippen molar-refractivity contribution in [1.82, 2.24) is 5.32 Å². The predicted octanol–water partition coefficient (Wildman–Crippen LogP) is 11.9. The van der Waals surface area contributed by atoms with Gasteiger partial charge in [0.05, 0.1) is 6.04 Å². The second-order valence-electron chi connectivity index (χ2n) is 14.6. The first-order valence-corrected chi connectivity index (χ1v) is 19.2. The molecule has 0 amide bonds. The topological polar surface area (TPSA) is 53.1 Å². The normalized spacial score (nSPS) is 18.1. The van der Waals surface area contributed by atoms with Crippen LogP contribution in [-0.4, -0.2) is 17.7 Å². The minimum Gasteiger partial charge on any atom is -0.456 e. The highest BCUT2D eigenvalue weighted by Gasteiger charge is 2.43. The molecule has 0 bridgehead atoms. The largest absolute Gasteiger partial charge is 0.456 e. The molecule has 56 heavy (non-hydrogen) atoms. The Kier molecular flexibility index (Phi) is 7.62. The third-order valence-corrected chi connectivity index (χ3v) is 11.3. The number of aliphatic imine (C=N–C) groups is 2. The molecule has 1 aromatic heterocycles. The van der Waals surface area contributed by atoms with E-state index in [9.17, 15) is 0 Å². The zero-order valence-electron chi connectivity index (χ0n) is 30.5. The van der Waals surface area contributed by atoms with Crippen molar-refractivity contribution in [3.63, 3.8) is 0 Å². The van der Waals surface area contributed by atoms with E-state index in [0.29, 0.717) is 0 Å². The molecule has 0 radical (unpaired) electrons. The molecule has 266 valence electrons. The summed E-state index contributed by atoms with van der Waals surface area (Å²) in [6, 6.07) is 64.3. The van der Waals surface area contributed by atoms with E-state index in [-0.39, 0.29) is 12.0 Å². The fourth-order valence-electron chi connectivity index (χ4n) is 8.62. The summed E-state index contributed by atoms with van der Waals surface area (Å²) in [6.07, 6.45) is 4.08. The van der Waals surface area contributed by atoms with Gasteiger partial charge in [-0.15, -0.1) is 0 Å². The minimum atomic E-state index is -0.397. The summed E-state index contributed by atoms with van der Waals surface area (Å²) >= 11 is 0. The van der Waals surface area contributed by atoms with Crippen LogP contribution in [0.15, 0.2) is 202 Å². The molecule has 5 nitrogen and oxygen atoms in total. The van der Waals surface area contributed by atoms with Crippen LogP contribution in [0.4, 0.5) is 11.4 Å². The highest BCUT2D eigenvalue weighted by atomic mass is 16.3. The average molecular weight is 721 g/mol. The van der Waals surface area contributed by atoms with Gasteiger partial charge in [0.15, 0.2) is 6.17 Å². The molecule has 1 N–H and O–H groups in total. The summed E-state index contributed by atoms with van der Waals surface area (Å²) in [4.78, 5) is 12.8. The molecule has 1 aliphatic carbocycles. The van der Waals surface area contributed by atoms with Gasteiger partial charge in [0.2, 0.25) is 0 Å². The number of para-hydroxylation sites is 2. The van der Waals surface area contributed by atoms with Crippen molar-refractivity contribution in [3.8, 4) is 22.3 Å². The van der Waals surface area contributed by atoms with Crippen molar-refractivity contribution in [1.29, 1.82) is 0 Å². The molecular weight excluding hydrogens is 685 g/mol. The van der Waals surface area contributed by atoms with E-state index in [1.165, 1.54) is 33.6 Å². The van der Waals surface area contributed by atoms with Crippen LogP contribution in [0.3, 0.4) is 0 Å². The number of hydrogen-bond acceptors (Lipinski definition) is 5. The zero-order valence-corrected chi connectivity index (χ0v) is 30.5. The summed E-state index contributed by atoms with van der Waals surface area (Å²) in [5, 5.41) is 4.70. The lowest BCUT2D eigenvalue weighted by Crippen LogP contribution is -2.36. The van der Waals surface area contributed by atoms with Crippen LogP contribution in [-0.2, 0) is 0 Å². The minimum absolute atomic E-state index is 0.156. The summed E-state index contributed by atoms with van der Waals surface area (Å²) in [5.41, 5.74) is 13.6. The molecule has 3 heterocycles. The molecule has 3 atom stereocenters. The predicted molar refractivity (Wildman–Crippen MR) is 229 cm³/mol. The fraction of sp³-hybridized carbons (Fsp3) is 0.0588. The Morgan fingerprint density at radius 2 is 1.07 bits per heavy atom. The molecular formula is C51H36N4O. The lowest BCUT2D eigenvalue weighted by Gasteiger charge is -2.30. The van der Waals surface area contributed by atoms with Gasteiger partial charge < -0.3 is 14.6 Å². The van der Waals surface area contributed by atoms with Crippen LogP contribution in [0.2, 0.25) is 0 Å². The van der Waals surface area contributed by atoms with E-state index >= 15 is 0 Å². The number of amidine groups is 2. The van der Waals surface area contributed by atoms with Crippen molar-refractivity contribution in [2.24, 2.45) is 9.98 Å². The van der Waals surface area contributed by atoms with Gasteiger partial charge in [-0.2, -0.15) is 0 Å². The monoisotopic (exact) mass is 720 g/mol. The second-order valence-corrected chi connectivity index (χ2v) is 14.6. The Morgan fingerprint density at radius 3 is 1.80 bits per heavy atom. The van der Waals surface area contributed by atoms with Gasteiger partial charge in [0.25, 0.3) is 0 Å². The standard InChI is InChI=1S/C51H36N4O/c1-4-12-33(13-5-1)34-20-24-37(25-21-34)50-52-49(36-14-6-2-7-15-36)53-51(54-50)38-26-22-35(23-27-38)39-28-30-45-42(32-39)48-46(56-45)31-29-44-47(48)41-18-10-11-19-43(41)55(44)40-16-8-3-9-17-40/h1-32,44,47,51H,(H,52,53,54). The molecule has 0 saturated carbocycles. The molecule has 0 fully saturated rings. The van der Waals surface area contributed by atoms with Crippen molar-refractivity contribution < 1.29 is 4.42 Å². The first kappa shape index (κ1) is 32.2. The molecule has 8 aromatic rings. The van der Waals surface area contributed by atoms with Crippen LogP contribution in [0.5, 0.6) is 0 Å². The summed E-state index contributed by atoms with van der Waals surface area (Å²) in [5.74, 6) is 2.70. The smallest absolute Gasteiger partial charge is 0.169 e. The number of hydrogen-bond donors (Lipinski definition) is 1. The van der Waals surface area contributed by atoms with E-state index < -0.39 is 6.17 Å². The van der Waals surface area contributed by atoms with Crippen molar-refractivity contribution in [2.75, 3.05) is 4.90 Å². The van der Waals surface area contributed by atoms with Crippen LogP contribution in [0, 0.1) is 0 Å². The average Bonchev–Trinajstić information content (AvgIpc) is 3.82. The molecule has 3 unspecified atom stereocenters. The van der Waals surface area contributed by atoms with Gasteiger partial charge in [-0.25, -0.2) is 9.98 Å². The van der Waals surface area contributed by atoms with Crippen molar-refractivity contribution in [3.05, 3.63) is 222 Å². The third-order valence-electron chi connectivity index (χ3n) is 11.3. The highest BCUT2D eigenvalue weighted by Crippen LogP contribution is 2.53. The van der Waals surface area contributed by atoms with Crippen LogP contribution < -0.4 is 10.2 Å². The first-order valence-electron chi connectivity index (χ1n) is 19.2. The Morgan fingerprint density at radius 1 is 0.518 bits per heavy atom. The van der Waals surface area contributed by atoms with E-state index in [0.717, 1.165) is 56.2 Å². The van der Waals surface area contributed by atoms with E-state index in [1.54, 1.807) is 0 Å². The SMILES string of the molecule is C1=CC2C(c3ccccc3N2c2ccccc2)c2c1oc1ccc(-c3ccc(C4N=C(c5ccccc5)NC(c5ccc(-c6ccccc6)cc5)=N4)cc3)cc21. The number of furan rings is 1. The first-order chi connectivity index (χ1) is 27.7. The van der Waals surface area contributed by atoms with Gasteiger partial charge in [0.1, 0.15) is 23.0 Å². The molecule has 7 aromatic carbocycles. The van der Waals surface area contributed by atoms with Crippen molar-refractivity contribution in [2.45, 2.75) is 18.1 Å². The fourth-order valence-corrected chi connectivity index (χ4v) is 8.62. The number of anilines is 2. The Balaban J connectivity index is 0.936. The van der Waals surface area contributed by atoms with Crippen LogP contribution >= 0.6 is 0 Å². The summed E-state index contributed by atoms with van der Waals surface area (Å²) in [7, 11) is 0. The number of fused-ring (bicyclic) bond motifs is 7. The Hall–Kier alpha value is -7.24. The lowest BCUT2D eigenvalue weighted by molar-refractivity contribution is 0.584. The van der Waals surface area contributed by atoms with Gasteiger partial charge in [-0.1, -0.05) is 158 Å². The number of rotatable bonds is 6. The van der Waals surface area contributed by atoms with Gasteiger partial charge >= 0.3 is 0 Å². The Bertz CT molecular complexity index is 2820. The van der Waals surface area contributed by atoms with Crippen molar-refractivity contribution >= 4 is 40.1 Å². The Labute approximate surface area is 325 Å². The van der Waals surface area contributed by atoms with E-state index in [1.807, 2.05) is 24.3 Å². The quantitative estimate of drug-likeness (QED) is 0.186. The van der Waals surface area contributed by atoms with E-state index in [2.05, 4.69) is 180 Å². The molecule has 0 spiro atoms. The zero-order chi connectivity index (χ0) is 37.0. The molecule has 5 heteroatoms. The van der Waals surface area contributed by atoms with Gasteiger partial charge in [-0.3, -0.25) is 0 Å². The second kappa shape index (κ2) is 13.3. The number of nitrogens with one attached hydrogen (secondary N) is 1. The molecule has 0 saturated heterocycles. The summed E-state index contributed by atoms with van der Waals surface area (Å²) < 4.78 is 6.53. The number of nitrogens with zero attached hydrogens (tertiary/aromatic N) is 3. The number of benzene rings is 7. The van der Waals surface area contributed by atoms with Gasteiger partial charge in [-0.05, 0) is 69.8 Å². The summed E-state index contributed by atoms with van der Waals surface area (Å²) in [6.45, 7) is 0. The molecule has 11 rings (SSSR count). The maximum Gasteiger partial charge on any atom is 0.169 e. The maximum atomic E-state index is 6.53.